The molecule has 3 N–H and O–H groups in total. The highest BCUT2D eigenvalue weighted by atomic mass is 32.2. The first kappa shape index (κ1) is 37.4. The molecule has 2 amide bonds. The van der Waals surface area contributed by atoms with Crippen molar-refractivity contribution in [1.82, 2.24) is 15.6 Å². The molecule has 10 nitrogen and oxygen atoms in total. The summed E-state index contributed by atoms with van der Waals surface area (Å²) in [6, 6.07) is 4.27. The number of aryl methyl sites for hydroxylation is 1. The Labute approximate surface area is 261 Å². The number of nitrogens with one attached hydrogen (secondary N) is 3. The van der Waals surface area contributed by atoms with E-state index in [1.165, 1.54) is 11.8 Å². The maximum atomic E-state index is 13.3. The SMILES string of the molecule is Cc1cc(C(=O)NC[C@H](CSCCCOS(C)(=O)=O)NC(=O)OC(C)(C)C)nc2c(C(C)(C)C)cc(NCC(F)(F)F)cc12. The number of ether oxygens (including phenoxy) is 1. The highest BCUT2D eigenvalue weighted by molar-refractivity contribution is 7.99. The molecule has 1 heterocycles. The van der Waals surface area contributed by atoms with Gasteiger partial charge >= 0.3 is 12.3 Å². The van der Waals surface area contributed by atoms with E-state index in [9.17, 15) is 31.2 Å². The minimum atomic E-state index is -4.38. The van der Waals surface area contributed by atoms with Gasteiger partial charge < -0.3 is 20.7 Å². The molecular weight excluding hydrogens is 621 g/mol. The first-order valence-electron chi connectivity index (χ1n) is 14.0. The summed E-state index contributed by atoms with van der Waals surface area (Å²) in [4.78, 5) is 30.3. The maximum absolute atomic E-state index is 13.3. The van der Waals surface area contributed by atoms with Gasteiger partial charge in [0.25, 0.3) is 16.0 Å². The minimum absolute atomic E-state index is 0.0379. The number of hydrogen-bond acceptors (Lipinski definition) is 9. The normalized spacial score (nSPS) is 13.4. The Kier molecular flexibility index (Phi) is 12.8. The molecule has 248 valence electrons. The van der Waals surface area contributed by atoms with Gasteiger partial charge in [0.1, 0.15) is 17.8 Å². The van der Waals surface area contributed by atoms with Crippen molar-refractivity contribution in [1.29, 1.82) is 0 Å². The van der Waals surface area contributed by atoms with Gasteiger partial charge in [-0.05, 0) is 74.6 Å². The van der Waals surface area contributed by atoms with Gasteiger partial charge in [0.15, 0.2) is 0 Å². The van der Waals surface area contributed by atoms with E-state index in [1.807, 2.05) is 20.8 Å². The van der Waals surface area contributed by atoms with Gasteiger partial charge in [-0.2, -0.15) is 33.4 Å². The van der Waals surface area contributed by atoms with Gasteiger partial charge in [0.05, 0.1) is 24.4 Å². The van der Waals surface area contributed by atoms with E-state index >= 15 is 0 Å². The lowest BCUT2D eigenvalue weighted by Crippen LogP contribution is -2.47. The lowest BCUT2D eigenvalue weighted by Gasteiger charge is -2.24. The number of halogens is 3. The summed E-state index contributed by atoms with van der Waals surface area (Å²) < 4.78 is 71.0. The van der Waals surface area contributed by atoms with Crippen LogP contribution in [0.2, 0.25) is 0 Å². The van der Waals surface area contributed by atoms with E-state index in [0.717, 1.165) is 6.26 Å². The zero-order chi connectivity index (χ0) is 33.5. The zero-order valence-electron chi connectivity index (χ0n) is 26.4. The number of anilines is 1. The molecule has 0 aliphatic heterocycles. The smallest absolute Gasteiger partial charge is 0.407 e. The third kappa shape index (κ3) is 13.5. The van der Waals surface area contributed by atoms with Gasteiger partial charge in [-0.25, -0.2) is 9.78 Å². The van der Waals surface area contributed by atoms with Gasteiger partial charge in [-0.15, -0.1) is 0 Å². The number of fused-ring (bicyclic) bond motifs is 1. The molecule has 0 unspecified atom stereocenters. The molecule has 1 aromatic heterocycles. The van der Waals surface area contributed by atoms with Crippen molar-refractivity contribution in [3.8, 4) is 0 Å². The number of carbonyl (C=O) groups excluding carboxylic acids is 2. The van der Waals surface area contributed by atoms with Gasteiger partial charge in [-0.3, -0.25) is 8.98 Å². The van der Waals surface area contributed by atoms with Crippen LogP contribution < -0.4 is 16.0 Å². The Hall–Kier alpha value is -2.78. The predicted molar refractivity (Wildman–Crippen MR) is 168 cm³/mol. The Morgan fingerprint density at radius 2 is 1.73 bits per heavy atom. The van der Waals surface area contributed by atoms with Crippen LogP contribution in [0.4, 0.5) is 23.7 Å². The van der Waals surface area contributed by atoms with Gasteiger partial charge in [0, 0.05) is 23.4 Å². The summed E-state index contributed by atoms with van der Waals surface area (Å²) in [5.41, 5.74) is 1.06. The molecule has 0 saturated carbocycles. The van der Waals surface area contributed by atoms with E-state index in [2.05, 4.69) is 20.9 Å². The predicted octanol–water partition coefficient (Wildman–Crippen LogP) is 5.54. The molecule has 0 aliphatic carbocycles. The molecule has 0 saturated heterocycles. The zero-order valence-corrected chi connectivity index (χ0v) is 28.0. The molecule has 2 rings (SSSR count). The second-order valence-corrected chi connectivity index (χ2v) is 15.3. The van der Waals surface area contributed by atoms with Crippen molar-refractivity contribution < 1.29 is 40.1 Å². The topological polar surface area (TPSA) is 136 Å². The van der Waals surface area contributed by atoms with Crippen LogP contribution in [0.5, 0.6) is 0 Å². The third-order valence-corrected chi connectivity index (χ3v) is 7.74. The molecule has 1 atom stereocenters. The number of carbonyl (C=O) groups is 2. The number of pyridine rings is 1. The molecule has 1 aromatic carbocycles. The molecule has 44 heavy (non-hydrogen) atoms. The van der Waals surface area contributed by atoms with Crippen LogP contribution in [-0.2, 0) is 24.5 Å². The molecule has 2 aromatic rings. The fourth-order valence-electron chi connectivity index (χ4n) is 4.01. The van der Waals surface area contributed by atoms with Crippen LogP contribution in [0, 0.1) is 6.92 Å². The third-order valence-electron chi connectivity index (χ3n) is 5.93. The fraction of sp³-hybridized carbons (Fsp3) is 0.621. The summed E-state index contributed by atoms with van der Waals surface area (Å²) in [5.74, 6) is 0.456. The summed E-state index contributed by atoms with van der Waals surface area (Å²) in [7, 11) is -3.52. The molecular formula is C29H43F3N4O6S2. The van der Waals surface area contributed by atoms with Crippen LogP contribution >= 0.6 is 11.8 Å². The molecule has 0 radical (unpaired) electrons. The summed E-state index contributed by atoms with van der Waals surface area (Å²) >= 11 is 1.45. The van der Waals surface area contributed by atoms with Crippen LogP contribution in [-0.4, -0.2) is 80.7 Å². The number of aromatic nitrogens is 1. The van der Waals surface area contributed by atoms with E-state index in [-0.39, 0.29) is 18.8 Å². The largest absolute Gasteiger partial charge is 0.444 e. The van der Waals surface area contributed by atoms with Gasteiger partial charge in [-0.1, -0.05) is 20.8 Å². The molecule has 0 aliphatic rings. The van der Waals surface area contributed by atoms with Crippen LogP contribution in [0.3, 0.4) is 0 Å². The number of alkyl carbamates (subject to hydrolysis) is 1. The monoisotopic (exact) mass is 664 g/mol. The number of alkyl halides is 3. The van der Waals surface area contributed by atoms with E-state index in [0.29, 0.717) is 45.6 Å². The second-order valence-electron chi connectivity index (χ2n) is 12.5. The van der Waals surface area contributed by atoms with Crippen molar-refractivity contribution in [2.45, 2.75) is 78.1 Å². The number of rotatable bonds is 13. The number of benzene rings is 1. The number of thioether (sulfide) groups is 1. The highest BCUT2D eigenvalue weighted by Crippen LogP contribution is 2.34. The first-order chi connectivity index (χ1) is 20.0. The van der Waals surface area contributed by atoms with Crippen molar-refractivity contribution in [2.75, 3.05) is 42.8 Å². The minimum Gasteiger partial charge on any atom is -0.444 e. The summed E-state index contributed by atoms with van der Waals surface area (Å²) in [6.45, 7) is 11.6. The van der Waals surface area contributed by atoms with E-state index in [4.69, 9.17) is 8.92 Å². The van der Waals surface area contributed by atoms with Crippen molar-refractivity contribution in [3.05, 3.63) is 35.0 Å². The molecule has 15 heteroatoms. The van der Waals surface area contributed by atoms with Crippen molar-refractivity contribution in [3.63, 3.8) is 0 Å². The Balaban J connectivity index is 2.23. The Morgan fingerprint density at radius 3 is 2.30 bits per heavy atom. The van der Waals surface area contributed by atoms with Gasteiger partial charge in [0.2, 0.25) is 0 Å². The maximum Gasteiger partial charge on any atom is 0.407 e. The summed E-state index contributed by atoms with van der Waals surface area (Å²) in [5, 5.41) is 8.64. The van der Waals surface area contributed by atoms with E-state index in [1.54, 1.807) is 45.9 Å². The Morgan fingerprint density at radius 1 is 1.07 bits per heavy atom. The molecule has 0 fully saturated rings. The number of amides is 2. The standard InChI is InChI=1S/C29H43F3N4O6S2/c1-18-12-23(36-24-21(18)13-19(34-17-29(30,31)32)14-22(24)27(2,3)4)25(37)33-15-20(35-26(38)42-28(5,6)7)16-43-11-9-10-41-44(8,39)40/h12-14,20,34H,9-11,15-17H2,1-8H3,(H,33,37)(H,35,38)/t20-/m1/s1. The number of nitrogens with zero attached hydrogens (tertiary/aromatic N) is 1. The van der Waals surface area contributed by atoms with Crippen molar-refractivity contribution >= 4 is 50.5 Å². The average Bonchev–Trinajstić information content (AvgIpc) is 2.84. The van der Waals surface area contributed by atoms with Crippen LogP contribution in [0.15, 0.2) is 18.2 Å². The first-order valence-corrected chi connectivity index (χ1v) is 17.0. The average molecular weight is 665 g/mol. The van der Waals surface area contributed by atoms with Crippen molar-refractivity contribution in [2.24, 2.45) is 0 Å². The molecule has 0 spiro atoms. The quantitative estimate of drug-likeness (QED) is 0.186. The lowest BCUT2D eigenvalue weighted by molar-refractivity contribution is -0.115. The highest BCUT2D eigenvalue weighted by Gasteiger charge is 2.28. The fourth-order valence-corrected chi connectivity index (χ4v) is 5.41. The number of hydrogen-bond donors (Lipinski definition) is 3. The Bertz CT molecular complexity index is 1420. The summed E-state index contributed by atoms with van der Waals surface area (Å²) in [6.07, 6.45) is -3.59. The molecule has 0 bridgehead atoms. The van der Waals surface area contributed by atoms with Crippen LogP contribution in [0.25, 0.3) is 10.9 Å². The lowest BCUT2D eigenvalue weighted by atomic mass is 9.84. The van der Waals surface area contributed by atoms with Crippen LogP contribution in [0.1, 0.15) is 69.6 Å². The second kappa shape index (κ2) is 15.0. The van der Waals surface area contributed by atoms with E-state index < -0.39 is 51.9 Å².